The van der Waals surface area contributed by atoms with Gasteiger partial charge in [-0.15, -0.1) is 0 Å². The summed E-state index contributed by atoms with van der Waals surface area (Å²) in [5.41, 5.74) is 7.19. The van der Waals surface area contributed by atoms with Crippen molar-refractivity contribution in [2.24, 2.45) is 11.7 Å². The summed E-state index contributed by atoms with van der Waals surface area (Å²) >= 11 is 6.07. The van der Waals surface area contributed by atoms with Crippen molar-refractivity contribution in [1.82, 2.24) is 14.6 Å². The number of nitrogens with two attached hydrogens (primary N) is 1. The molecule has 3 N–H and O–H groups in total. The van der Waals surface area contributed by atoms with Gasteiger partial charge in [0.1, 0.15) is 5.82 Å². The summed E-state index contributed by atoms with van der Waals surface area (Å²) in [7, 11) is -2.75. The SMILES string of the molecule is COC(=O)N(C(=O)[C@@H](N)[C@@H](c1ccc(Cl)cc1)C(C)C)c1cncc(F)c1CC[C@H]1CNC[C@@H](C)N1S(=O)(=O)c1ccccc1. The number of amides is 2. The molecule has 1 saturated heterocycles. The molecule has 1 aliphatic rings. The maximum Gasteiger partial charge on any atom is 0.421 e. The Kier molecular flexibility index (Phi) is 11.3. The molecule has 0 saturated carbocycles. The molecule has 0 spiro atoms. The molecule has 2 heterocycles. The van der Waals surface area contributed by atoms with Gasteiger partial charge in [0.2, 0.25) is 10.0 Å². The van der Waals surface area contributed by atoms with Crippen molar-refractivity contribution in [2.45, 2.75) is 62.6 Å². The summed E-state index contributed by atoms with van der Waals surface area (Å²) in [6.45, 7) is 6.39. The summed E-state index contributed by atoms with van der Waals surface area (Å²) in [6.07, 6.45) is 1.33. The number of piperazine rings is 1. The Morgan fingerprint density at radius 3 is 2.42 bits per heavy atom. The lowest BCUT2D eigenvalue weighted by Gasteiger charge is -2.40. The fourth-order valence-electron chi connectivity index (χ4n) is 5.97. The third-order valence-corrected chi connectivity index (χ3v) is 10.4. The summed E-state index contributed by atoms with van der Waals surface area (Å²) in [6, 6.07) is 12.9. The van der Waals surface area contributed by atoms with Crippen LogP contribution >= 0.6 is 11.6 Å². The van der Waals surface area contributed by atoms with Crippen LogP contribution in [0.4, 0.5) is 14.9 Å². The molecule has 45 heavy (non-hydrogen) atoms. The van der Waals surface area contributed by atoms with Gasteiger partial charge in [-0.2, -0.15) is 4.31 Å². The zero-order chi connectivity index (χ0) is 32.9. The van der Waals surface area contributed by atoms with Crippen LogP contribution in [-0.2, 0) is 26.0 Å². The molecule has 1 fully saturated rings. The molecule has 2 amide bonds. The number of rotatable bonds is 10. The lowest BCUT2D eigenvalue weighted by molar-refractivity contribution is -0.120. The smallest absolute Gasteiger partial charge is 0.421 e. The minimum absolute atomic E-state index is 0.00955. The highest BCUT2D eigenvalue weighted by Gasteiger charge is 2.40. The van der Waals surface area contributed by atoms with Gasteiger partial charge < -0.3 is 15.8 Å². The quantitative estimate of drug-likeness (QED) is 0.319. The van der Waals surface area contributed by atoms with Crippen molar-refractivity contribution in [3.63, 3.8) is 0 Å². The van der Waals surface area contributed by atoms with Crippen LogP contribution in [0.5, 0.6) is 0 Å². The third kappa shape index (κ3) is 7.53. The van der Waals surface area contributed by atoms with Crippen molar-refractivity contribution in [2.75, 3.05) is 25.1 Å². The van der Waals surface area contributed by atoms with E-state index in [4.69, 9.17) is 22.1 Å². The van der Waals surface area contributed by atoms with Crippen molar-refractivity contribution in [1.29, 1.82) is 0 Å². The molecule has 13 heteroatoms. The van der Waals surface area contributed by atoms with Gasteiger partial charge in [0.15, 0.2) is 0 Å². The fourth-order valence-corrected chi connectivity index (χ4v) is 7.96. The number of halogens is 2. The van der Waals surface area contributed by atoms with Crippen LogP contribution in [0.2, 0.25) is 5.02 Å². The molecule has 0 bridgehead atoms. The molecule has 4 atom stereocenters. The molecule has 4 rings (SSSR count). The zero-order valence-corrected chi connectivity index (χ0v) is 27.3. The Labute approximate surface area is 268 Å². The number of sulfonamides is 1. The van der Waals surface area contributed by atoms with Gasteiger partial charge >= 0.3 is 6.09 Å². The van der Waals surface area contributed by atoms with Crippen LogP contribution in [-0.4, -0.2) is 68.0 Å². The number of methoxy groups -OCH3 is 1. The summed E-state index contributed by atoms with van der Waals surface area (Å²) < 4.78 is 49.3. The van der Waals surface area contributed by atoms with E-state index in [1.807, 2.05) is 20.8 Å². The van der Waals surface area contributed by atoms with E-state index in [0.29, 0.717) is 18.1 Å². The number of anilines is 1. The number of carbonyl (C=O) groups excluding carboxylic acids is 2. The number of hydrogen-bond acceptors (Lipinski definition) is 8. The first-order valence-electron chi connectivity index (χ1n) is 14.7. The molecule has 0 unspecified atom stereocenters. The minimum Gasteiger partial charge on any atom is -0.452 e. The third-order valence-electron chi connectivity index (χ3n) is 8.11. The number of imide groups is 1. The van der Waals surface area contributed by atoms with Crippen LogP contribution in [0.1, 0.15) is 44.2 Å². The Bertz CT molecular complexity index is 1590. The largest absolute Gasteiger partial charge is 0.452 e. The zero-order valence-electron chi connectivity index (χ0n) is 25.7. The van der Waals surface area contributed by atoms with Gasteiger partial charge in [0.05, 0.1) is 36.1 Å². The Morgan fingerprint density at radius 1 is 1.13 bits per heavy atom. The molecular weight excluding hydrogens is 621 g/mol. The van der Waals surface area contributed by atoms with Gasteiger partial charge in [-0.25, -0.2) is 22.5 Å². The molecule has 1 aromatic heterocycles. The van der Waals surface area contributed by atoms with Crippen molar-refractivity contribution in [3.8, 4) is 0 Å². The summed E-state index contributed by atoms with van der Waals surface area (Å²) in [4.78, 5) is 32.0. The maximum absolute atomic E-state index is 15.5. The van der Waals surface area contributed by atoms with E-state index in [2.05, 4.69) is 10.3 Å². The van der Waals surface area contributed by atoms with Gasteiger partial charge in [-0.1, -0.05) is 55.8 Å². The highest BCUT2D eigenvalue weighted by atomic mass is 35.5. The van der Waals surface area contributed by atoms with E-state index in [1.165, 1.54) is 10.5 Å². The van der Waals surface area contributed by atoms with Gasteiger partial charge in [-0.05, 0) is 55.5 Å². The van der Waals surface area contributed by atoms with Gasteiger partial charge in [0, 0.05) is 41.7 Å². The van der Waals surface area contributed by atoms with E-state index in [1.54, 1.807) is 54.6 Å². The normalized spacial score (nSPS) is 18.8. The first-order valence-corrected chi connectivity index (χ1v) is 16.5. The second-order valence-corrected chi connectivity index (χ2v) is 13.7. The lowest BCUT2D eigenvalue weighted by Crippen LogP contribution is -2.58. The Morgan fingerprint density at radius 2 is 1.80 bits per heavy atom. The Hall–Kier alpha value is -3.42. The van der Waals surface area contributed by atoms with Gasteiger partial charge in [-0.3, -0.25) is 9.78 Å². The lowest BCUT2D eigenvalue weighted by atomic mass is 9.82. The maximum atomic E-state index is 15.5. The first-order chi connectivity index (χ1) is 21.4. The minimum atomic E-state index is -3.87. The number of aromatic nitrogens is 1. The van der Waals surface area contributed by atoms with Crippen molar-refractivity contribution in [3.05, 3.63) is 89.0 Å². The van der Waals surface area contributed by atoms with E-state index in [9.17, 15) is 18.0 Å². The average Bonchev–Trinajstić information content (AvgIpc) is 3.01. The van der Waals surface area contributed by atoms with Gasteiger partial charge in [0.25, 0.3) is 5.91 Å². The van der Waals surface area contributed by atoms with Crippen LogP contribution < -0.4 is 16.0 Å². The molecule has 1 aliphatic heterocycles. The molecule has 0 aliphatic carbocycles. The molecule has 0 radical (unpaired) electrons. The second kappa shape index (κ2) is 14.8. The summed E-state index contributed by atoms with van der Waals surface area (Å²) in [5.74, 6) is -2.19. The van der Waals surface area contributed by atoms with Crippen molar-refractivity contribution < 1.29 is 27.1 Å². The molecule has 2 aromatic carbocycles. The molecular formula is C32H39ClFN5O5S. The van der Waals surface area contributed by atoms with Crippen LogP contribution in [0.3, 0.4) is 0 Å². The van der Waals surface area contributed by atoms with Crippen LogP contribution in [0.15, 0.2) is 71.9 Å². The number of hydrogen-bond donors (Lipinski definition) is 2. The molecule has 242 valence electrons. The number of carbonyl (C=O) groups is 2. The monoisotopic (exact) mass is 659 g/mol. The van der Waals surface area contributed by atoms with Crippen LogP contribution in [0, 0.1) is 11.7 Å². The number of nitrogens with zero attached hydrogens (tertiary/aromatic N) is 3. The van der Waals surface area contributed by atoms with E-state index in [-0.39, 0.29) is 40.9 Å². The molecule has 10 nitrogen and oxygen atoms in total. The predicted octanol–water partition coefficient (Wildman–Crippen LogP) is 4.72. The van der Waals surface area contributed by atoms with Crippen molar-refractivity contribution >= 4 is 39.3 Å². The van der Waals surface area contributed by atoms with E-state index < -0.39 is 45.8 Å². The number of benzene rings is 2. The number of pyridine rings is 1. The highest BCUT2D eigenvalue weighted by Crippen LogP contribution is 2.33. The standard InChI is InChI=1S/C32H39ClFN5O5S/c1-20(2)29(22-10-12-23(33)13-11-22)30(35)31(40)38(32(41)44-4)28-19-37-18-27(34)26(28)15-14-24-17-36-16-21(3)39(24)45(42,43)25-8-6-5-7-9-25/h5-13,18-21,24,29-30,36H,14-17,35H2,1-4H3/t21-,24+,29-,30+/m1/s1. The molecule has 3 aromatic rings. The number of ether oxygens (including phenoxy) is 1. The summed E-state index contributed by atoms with van der Waals surface area (Å²) in [5, 5.41) is 3.77. The van der Waals surface area contributed by atoms with E-state index >= 15 is 4.39 Å². The predicted molar refractivity (Wildman–Crippen MR) is 171 cm³/mol. The first kappa shape index (κ1) is 34.5. The fraction of sp³-hybridized carbons (Fsp3) is 0.406. The van der Waals surface area contributed by atoms with E-state index in [0.717, 1.165) is 23.8 Å². The topological polar surface area (TPSA) is 135 Å². The second-order valence-electron chi connectivity index (χ2n) is 11.5. The Balaban J connectivity index is 1.68. The van der Waals surface area contributed by atoms with Crippen LogP contribution in [0.25, 0.3) is 0 Å². The number of nitrogens with one attached hydrogen (secondary N) is 1. The highest BCUT2D eigenvalue weighted by molar-refractivity contribution is 7.89. The average molecular weight is 660 g/mol.